The summed E-state index contributed by atoms with van der Waals surface area (Å²) in [7, 11) is 0. The van der Waals surface area contributed by atoms with Crippen LogP contribution in [0.1, 0.15) is 17.7 Å². The molecule has 0 radical (unpaired) electrons. The number of rotatable bonds is 2. The fourth-order valence-electron chi connectivity index (χ4n) is 4.68. The molecule has 2 amide bonds. The van der Waals surface area contributed by atoms with Gasteiger partial charge in [0.2, 0.25) is 12.7 Å². The number of carbonyl (C=O) groups is 2. The number of para-hydroxylation sites is 1. The van der Waals surface area contributed by atoms with Crippen molar-refractivity contribution in [1.29, 1.82) is 0 Å². The molecule has 1 saturated heterocycles. The van der Waals surface area contributed by atoms with Gasteiger partial charge >= 0.3 is 0 Å². The van der Waals surface area contributed by atoms with Crippen LogP contribution >= 0.6 is 0 Å². The number of anilines is 1. The van der Waals surface area contributed by atoms with E-state index in [1.165, 1.54) is 15.8 Å². The Hall–Kier alpha value is -3.32. The first-order valence-corrected chi connectivity index (χ1v) is 9.78. The number of H-pyrrole nitrogens is 1. The molecule has 0 bridgehead atoms. The number of nitrogens with one attached hydrogen (secondary N) is 1. The molecule has 0 spiro atoms. The van der Waals surface area contributed by atoms with Crippen LogP contribution in [0.25, 0.3) is 10.9 Å². The van der Waals surface area contributed by atoms with E-state index in [1.54, 1.807) is 18.2 Å². The lowest BCUT2D eigenvalue weighted by molar-refractivity contribution is -0.123. The minimum Gasteiger partial charge on any atom is -0.454 e. The largest absolute Gasteiger partial charge is 0.454 e. The lowest BCUT2D eigenvalue weighted by atomic mass is 10.0. The number of imide groups is 1. The van der Waals surface area contributed by atoms with Gasteiger partial charge in [-0.2, -0.15) is 0 Å². The molecule has 3 aliphatic heterocycles. The van der Waals surface area contributed by atoms with Crippen molar-refractivity contribution >= 4 is 28.4 Å². The molecular weight excluding hydrogens is 370 g/mol. The maximum absolute atomic E-state index is 13.2. The number of amides is 2. The van der Waals surface area contributed by atoms with Gasteiger partial charge in [0, 0.05) is 35.8 Å². The van der Waals surface area contributed by atoms with Gasteiger partial charge in [0.15, 0.2) is 11.5 Å². The Bertz CT molecular complexity index is 1170. The number of hydrogen-bond acceptors (Lipinski definition) is 5. The summed E-state index contributed by atoms with van der Waals surface area (Å²) in [5.74, 6) is 0.841. The number of fused-ring (bicyclic) bond motifs is 4. The zero-order valence-electron chi connectivity index (χ0n) is 15.7. The van der Waals surface area contributed by atoms with E-state index in [0.29, 0.717) is 23.7 Å². The maximum atomic E-state index is 13.2. The Morgan fingerprint density at radius 2 is 1.90 bits per heavy atom. The molecule has 2 aromatic carbocycles. The first-order valence-electron chi connectivity index (χ1n) is 9.78. The zero-order valence-corrected chi connectivity index (χ0v) is 15.7. The predicted molar refractivity (Wildman–Crippen MR) is 106 cm³/mol. The molecule has 7 nitrogen and oxygen atoms in total. The Morgan fingerprint density at radius 3 is 2.83 bits per heavy atom. The van der Waals surface area contributed by atoms with Crippen LogP contribution in [0.2, 0.25) is 0 Å². The molecular formula is C22H19N3O4. The summed E-state index contributed by atoms with van der Waals surface area (Å²) >= 11 is 0. The van der Waals surface area contributed by atoms with Gasteiger partial charge in [-0.3, -0.25) is 14.5 Å². The molecule has 3 aromatic rings. The molecule has 7 heteroatoms. The highest BCUT2D eigenvalue weighted by molar-refractivity contribution is 6.22. The van der Waals surface area contributed by atoms with E-state index >= 15 is 0 Å². The lowest BCUT2D eigenvalue weighted by Gasteiger charge is -2.30. The van der Waals surface area contributed by atoms with E-state index in [4.69, 9.17) is 9.47 Å². The van der Waals surface area contributed by atoms with Crippen molar-refractivity contribution in [3.63, 3.8) is 0 Å². The number of benzene rings is 2. The fraction of sp³-hybridized carbons (Fsp3) is 0.273. The number of hydrogen-bond donors (Lipinski definition) is 1. The van der Waals surface area contributed by atoms with Gasteiger partial charge in [-0.1, -0.05) is 18.2 Å². The molecule has 3 aliphatic rings. The first-order chi connectivity index (χ1) is 14.2. The second-order valence-corrected chi connectivity index (χ2v) is 7.67. The van der Waals surface area contributed by atoms with E-state index in [1.807, 2.05) is 12.1 Å². The van der Waals surface area contributed by atoms with Crippen LogP contribution in [0.15, 0.2) is 42.5 Å². The van der Waals surface area contributed by atoms with Crippen molar-refractivity contribution in [1.82, 2.24) is 9.88 Å². The zero-order chi connectivity index (χ0) is 19.5. The second-order valence-electron chi connectivity index (χ2n) is 7.67. The average molecular weight is 389 g/mol. The Balaban J connectivity index is 1.28. The highest BCUT2D eigenvalue weighted by atomic mass is 16.7. The summed E-state index contributed by atoms with van der Waals surface area (Å²) in [6, 6.07) is 13.0. The van der Waals surface area contributed by atoms with E-state index in [0.717, 1.165) is 24.2 Å². The van der Waals surface area contributed by atoms with Crippen molar-refractivity contribution in [3.05, 3.63) is 53.7 Å². The van der Waals surface area contributed by atoms with Gasteiger partial charge < -0.3 is 14.5 Å². The SMILES string of the molecule is O=C1C[C@@H](N2CCc3c([nH]c4ccccc34)C2)C(=O)N1c1ccc2c(c1)OCO2. The summed E-state index contributed by atoms with van der Waals surface area (Å²) in [5.41, 5.74) is 4.12. The van der Waals surface area contributed by atoms with Gasteiger partial charge in [-0.05, 0) is 30.2 Å². The molecule has 0 unspecified atom stereocenters. The fourth-order valence-corrected chi connectivity index (χ4v) is 4.68. The number of ether oxygens (including phenoxy) is 2. The highest BCUT2D eigenvalue weighted by Crippen LogP contribution is 2.38. The summed E-state index contributed by atoms with van der Waals surface area (Å²) in [4.78, 5) is 32.8. The van der Waals surface area contributed by atoms with Crippen LogP contribution in [0.5, 0.6) is 11.5 Å². The molecule has 1 atom stereocenters. The number of aromatic nitrogens is 1. The lowest BCUT2D eigenvalue weighted by Crippen LogP contribution is -2.44. The standard InChI is InChI=1S/C22H19N3O4/c26-21-10-18(22(27)25(21)13-5-6-19-20(9-13)29-12-28-19)24-8-7-15-14-3-1-2-4-16(14)23-17(15)11-24/h1-6,9,18,23H,7-8,10-12H2/t18-/m1/s1. The predicted octanol–water partition coefficient (Wildman–Crippen LogP) is 2.59. The quantitative estimate of drug-likeness (QED) is 0.682. The smallest absolute Gasteiger partial charge is 0.251 e. The minimum atomic E-state index is -0.438. The van der Waals surface area contributed by atoms with Crippen molar-refractivity contribution < 1.29 is 19.1 Å². The van der Waals surface area contributed by atoms with Crippen LogP contribution in [-0.4, -0.2) is 41.1 Å². The summed E-state index contributed by atoms with van der Waals surface area (Å²) in [6.45, 7) is 1.56. The molecule has 1 fully saturated rings. The van der Waals surface area contributed by atoms with E-state index in [2.05, 4.69) is 22.0 Å². The summed E-state index contributed by atoms with van der Waals surface area (Å²) < 4.78 is 10.7. The van der Waals surface area contributed by atoms with Crippen molar-refractivity contribution in [2.24, 2.45) is 0 Å². The third-order valence-electron chi connectivity index (χ3n) is 6.09. The summed E-state index contributed by atoms with van der Waals surface area (Å²) in [5, 5.41) is 1.25. The van der Waals surface area contributed by atoms with Crippen LogP contribution in [0, 0.1) is 0 Å². The van der Waals surface area contributed by atoms with Gasteiger partial charge in [0.1, 0.15) is 0 Å². The van der Waals surface area contributed by atoms with Crippen LogP contribution in [-0.2, 0) is 22.6 Å². The Kier molecular flexibility index (Phi) is 3.49. The van der Waals surface area contributed by atoms with Gasteiger partial charge in [-0.25, -0.2) is 4.90 Å². The minimum absolute atomic E-state index is 0.157. The van der Waals surface area contributed by atoms with Crippen LogP contribution < -0.4 is 14.4 Å². The average Bonchev–Trinajstić information content (AvgIpc) is 3.42. The molecule has 6 rings (SSSR count). The van der Waals surface area contributed by atoms with Crippen molar-refractivity contribution in [2.75, 3.05) is 18.2 Å². The number of aromatic amines is 1. The normalized spacial score (nSPS) is 21.2. The van der Waals surface area contributed by atoms with E-state index in [-0.39, 0.29) is 25.0 Å². The third-order valence-corrected chi connectivity index (χ3v) is 6.09. The Morgan fingerprint density at radius 1 is 1.03 bits per heavy atom. The molecule has 0 saturated carbocycles. The molecule has 29 heavy (non-hydrogen) atoms. The highest BCUT2D eigenvalue weighted by Gasteiger charge is 2.44. The Labute approximate surface area is 166 Å². The molecule has 4 heterocycles. The number of nitrogens with zero attached hydrogens (tertiary/aromatic N) is 2. The third kappa shape index (κ3) is 2.47. The van der Waals surface area contributed by atoms with Crippen molar-refractivity contribution in [2.45, 2.75) is 25.4 Å². The molecule has 1 N–H and O–H groups in total. The van der Waals surface area contributed by atoms with Gasteiger partial charge in [0.25, 0.3) is 5.91 Å². The molecule has 0 aliphatic carbocycles. The molecule has 146 valence electrons. The van der Waals surface area contributed by atoms with Crippen LogP contribution in [0.4, 0.5) is 5.69 Å². The van der Waals surface area contributed by atoms with E-state index < -0.39 is 6.04 Å². The monoisotopic (exact) mass is 389 g/mol. The van der Waals surface area contributed by atoms with Crippen LogP contribution in [0.3, 0.4) is 0 Å². The van der Waals surface area contributed by atoms with Gasteiger partial charge in [0.05, 0.1) is 18.2 Å². The maximum Gasteiger partial charge on any atom is 0.251 e. The first kappa shape index (κ1) is 16.6. The topological polar surface area (TPSA) is 74.9 Å². The van der Waals surface area contributed by atoms with Crippen molar-refractivity contribution in [3.8, 4) is 11.5 Å². The number of carbonyl (C=O) groups excluding carboxylic acids is 2. The summed E-state index contributed by atoms with van der Waals surface area (Å²) in [6.07, 6.45) is 1.06. The van der Waals surface area contributed by atoms with Gasteiger partial charge in [-0.15, -0.1) is 0 Å². The second kappa shape index (κ2) is 6.09. The van der Waals surface area contributed by atoms with E-state index in [9.17, 15) is 9.59 Å². The molecule has 1 aromatic heterocycles.